The van der Waals surface area contributed by atoms with Gasteiger partial charge in [-0.1, -0.05) is 59.8 Å². The number of hydrogen-bond acceptors (Lipinski definition) is 0. The normalized spacial score (nSPS) is 38.6. The molecule has 0 heteroatoms. The molecule has 0 saturated heterocycles. The summed E-state index contributed by atoms with van der Waals surface area (Å²) < 4.78 is 0. The predicted molar refractivity (Wildman–Crippen MR) is 64.4 cm³/mol. The third-order valence-electron chi connectivity index (χ3n) is 4.52. The fourth-order valence-corrected chi connectivity index (χ4v) is 3.12. The van der Waals surface area contributed by atoms with Gasteiger partial charge in [0.15, 0.2) is 0 Å². The van der Waals surface area contributed by atoms with Crippen LogP contribution in [0.1, 0.15) is 66.2 Å². The molecule has 0 aliphatic heterocycles. The molecule has 1 fully saturated rings. The molecule has 1 aliphatic rings. The van der Waals surface area contributed by atoms with Crippen molar-refractivity contribution in [2.45, 2.75) is 66.2 Å². The lowest BCUT2D eigenvalue weighted by atomic mass is 9.67. The average molecular weight is 196 g/mol. The molecule has 84 valence electrons. The Hall–Kier alpha value is 0. The Morgan fingerprint density at radius 3 is 2.21 bits per heavy atom. The second kappa shape index (κ2) is 5.78. The molecule has 0 radical (unpaired) electrons. The summed E-state index contributed by atoms with van der Waals surface area (Å²) in [5.74, 6) is 3.94. The predicted octanol–water partition coefficient (Wildman–Crippen LogP) is 4.89. The van der Waals surface area contributed by atoms with Gasteiger partial charge in [-0.2, -0.15) is 0 Å². The summed E-state index contributed by atoms with van der Waals surface area (Å²) >= 11 is 0. The van der Waals surface area contributed by atoms with E-state index in [2.05, 4.69) is 27.7 Å². The Morgan fingerprint density at radius 1 is 0.929 bits per heavy atom. The Labute approximate surface area is 90.5 Å². The molecule has 1 saturated carbocycles. The zero-order valence-electron chi connectivity index (χ0n) is 10.6. The molecule has 0 N–H and O–H groups in total. The van der Waals surface area contributed by atoms with Crippen LogP contribution in [-0.2, 0) is 0 Å². The molecule has 0 amide bonds. The molecule has 0 aromatic rings. The number of hydrogen-bond donors (Lipinski definition) is 0. The van der Waals surface area contributed by atoms with E-state index >= 15 is 0 Å². The van der Waals surface area contributed by atoms with E-state index in [4.69, 9.17) is 0 Å². The highest BCUT2D eigenvalue weighted by molar-refractivity contribution is 4.81. The minimum absolute atomic E-state index is 0.968. The van der Waals surface area contributed by atoms with Crippen molar-refractivity contribution in [3.05, 3.63) is 0 Å². The summed E-state index contributed by atoms with van der Waals surface area (Å²) in [6, 6.07) is 0. The first-order valence-electron chi connectivity index (χ1n) is 6.66. The van der Waals surface area contributed by atoms with Crippen LogP contribution < -0.4 is 0 Å². The SMILES string of the molecule is CCCCCC1C(C)CCC(C)C1C. The van der Waals surface area contributed by atoms with Gasteiger partial charge in [0.1, 0.15) is 0 Å². The third kappa shape index (κ3) is 3.00. The molecule has 0 spiro atoms. The fraction of sp³-hybridized carbons (Fsp3) is 1.00. The molecule has 0 aromatic heterocycles. The van der Waals surface area contributed by atoms with Gasteiger partial charge in [0.25, 0.3) is 0 Å². The first-order valence-corrected chi connectivity index (χ1v) is 6.66. The Balaban J connectivity index is 2.37. The number of unbranched alkanes of at least 4 members (excludes halogenated alkanes) is 2. The van der Waals surface area contributed by atoms with Crippen LogP contribution in [0.2, 0.25) is 0 Å². The topological polar surface area (TPSA) is 0 Å². The second-order valence-corrected chi connectivity index (χ2v) is 5.55. The summed E-state index contributed by atoms with van der Waals surface area (Å²) in [7, 11) is 0. The molecule has 1 aliphatic carbocycles. The highest BCUT2D eigenvalue weighted by atomic mass is 14.4. The first kappa shape index (κ1) is 12.1. The van der Waals surface area contributed by atoms with Crippen molar-refractivity contribution in [3.63, 3.8) is 0 Å². The van der Waals surface area contributed by atoms with Crippen LogP contribution in [-0.4, -0.2) is 0 Å². The van der Waals surface area contributed by atoms with Crippen LogP contribution in [0, 0.1) is 23.7 Å². The number of rotatable bonds is 4. The van der Waals surface area contributed by atoms with E-state index in [-0.39, 0.29) is 0 Å². The van der Waals surface area contributed by atoms with E-state index in [1.807, 2.05) is 0 Å². The maximum absolute atomic E-state index is 2.48. The molecule has 0 bridgehead atoms. The molecular weight excluding hydrogens is 168 g/mol. The molecule has 4 atom stereocenters. The Bertz CT molecular complexity index is 150. The van der Waals surface area contributed by atoms with Crippen LogP contribution in [0.3, 0.4) is 0 Å². The molecule has 4 unspecified atom stereocenters. The lowest BCUT2D eigenvalue weighted by Gasteiger charge is -2.39. The minimum atomic E-state index is 0.968. The van der Waals surface area contributed by atoms with E-state index in [0.717, 1.165) is 23.7 Å². The summed E-state index contributed by atoms with van der Waals surface area (Å²) in [4.78, 5) is 0. The smallest absolute Gasteiger partial charge is 0.0360 e. The van der Waals surface area contributed by atoms with Crippen molar-refractivity contribution in [2.75, 3.05) is 0 Å². The van der Waals surface area contributed by atoms with E-state index in [1.165, 1.54) is 38.5 Å². The van der Waals surface area contributed by atoms with Crippen molar-refractivity contribution in [2.24, 2.45) is 23.7 Å². The summed E-state index contributed by atoms with van der Waals surface area (Å²) in [6.07, 6.45) is 8.69. The van der Waals surface area contributed by atoms with Gasteiger partial charge in [0, 0.05) is 0 Å². The highest BCUT2D eigenvalue weighted by Crippen LogP contribution is 2.40. The maximum atomic E-state index is 2.48. The summed E-state index contributed by atoms with van der Waals surface area (Å²) in [6.45, 7) is 9.70. The monoisotopic (exact) mass is 196 g/mol. The molecule has 0 aromatic carbocycles. The highest BCUT2D eigenvalue weighted by Gasteiger charge is 2.31. The molecule has 1 rings (SSSR count). The standard InChI is InChI=1S/C14H28/c1-5-6-7-8-14-12(3)10-9-11(2)13(14)4/h11-14H,5-10H2,1-4H3. The van der Waals surface area contributed by atoms with Crippen molar-refractivity contribution < 1.29 is 0 Å². The molecular formula is C14H28. The van der Waals surface area contributed by atoms with Gasteiger partial charge < -0.3 is 0 Å². The second-order valence-electron chi connectivity index (χ2n) is 5.55. The van der Waals surface area contributed by atoms with Gasteiger partial charge >= 0.3 is 0 Å². The van der Waals surface area contributed by atoms with Crippen molar-refractivity contribution in [3.8, 4) is 0 Å². The van der Waals surface area contributed by atoms with Crippen molar-refractivity contribution >= 4 is 0 Å². The van der Waals surface area contributed by atoms with Crippen LogP contribution in [0.4, 0.5) is 0 Å². The van der Waals surface area contributed by atoms with Gasteiger partial charge in [0.05, 0.1) is 0 Å². The van der Waals surface area contributed by atoms with Crippen LogP contribution in [0.15, 0.2) is 0 Å². The zero-order valence-corrected chi connectivity index (χ0v) is 10.6. The Kier molecular flexibility index (Phi) is 4.98. The lowest BCUT2D eigenvalue weighted by Crippen LogP contribution is -2.30. The van der Waals surface area contributed by atoms with Crippen LogP contribution >= 0.6 is 0 Å². The van der Waals surface area contributed by atoms with E-state index in [0.29, 0.717) is 0 Å². The van der Waals surface area contributed by atoms with Gasteiger partial charge in [-0.15, -0.1) is 0 Å². The Morgan fingerprint density at radius 2 is 1.57 bits per heavy atom. The first-order chi connectivity index (χ1) is 6.66. The van der Waals surface area contributed by atoms with Crippen molar-refractivity contribution in [1.29, 1.82) is 0 Å². The van der Waals surface area contributed by atoms with Gasteiger partial charge in [-0.3, -0.25) is 0 Å². The summed E-state index contributed by atoms with van der Waals surface area (Å²) in [5.41, 5.74) is 0. The van der Waals surface area contributed by atoms with Crippen LogP contribution in [0.25, 0.3) is 0 Å². The van der Waals surface area contributed by atoms with E-state index in [1.54, 1.807) is 0 Å². The quantitative estimate of drug-likeness (QED) is 0.562. The third-order valence-corrected chi connectivity index (χ3v) is 4.52. The average Bonchev–Trinajstić information content (AvgIpc) is 2.18. The van der Waals surface area contributed by atoms with Gasteiger partial charge in [-0.05, 0) is 30.1 Å². The zero-order chi connectivity index (χ0) is 10.6. The molecule has 0 heterocycles. The lowest BCUT2D eigenvalue weighted by molar-refractivity contribution is 0.112. The van der Waals surface area contributed by atoms with Gasteiger partial charge in [0.2, 0.25) is 0 Å². The van der Waals surface area contributed by atoms with Crippen molar-refractivity contribution in [1.82, 2.24) is 0 Å². The van der Waals surface area contributed by atoms with E-state index < -0.39 is 0 Å². The minimum Gasteiger partial charge on any atom is -0.0654 e. The largest absolute Gasteiger partial charge is 0.0654 e. The molecule has 0 nitrogen and oxygen atoms in total. The van der Waals surface area contributed by atoms with Crippen LogP contribution in [0.5, 0.6) is 0 Å². The molecule has 14 heavy (non-hydrogen) atoms. The van der Waals surface area contributed by atoms with Gasteiger partial charge in [-0.25, -0.2) is 0 Å². The maximum Gasteiger partial charge on any atom is -0.0360 e. The fourth-order valence-electron chi connectivity index (χ4n) is 3.12. The van der Waals surface area contributed by atoms with E-state index in [9.17, 15) is 0 Å². The summed E-state index contributed by atoms with van der Waals surface area (Å²) in [5, 5.41) is 0.